The number of halogens is 2. The van der Waals surface area contributed by atoms with E-state index in [0.717, 1.165) is 25.1 Å². The number of nitrogens with zero attached hydrogens (tertiary/aromatic N) is 3. The Morgan fingerprint density at radius 1 is 1.40 bits per heavy atom. The van der Waals surface area contributed by atoms with E-state index < -0.39 is 0 Å². The number of carbonyl (C=O) groups is 1. The first-order valence-electron chi connectivity index (χ1n) is 8.37. The summed E-state index contributed by atoms with van der Waals surface area (Å²) in [6.07, 6.45) is 2.23. The second kappa shape index (κ2) is 7.35. The fourth-order valence-corrected chi connectivity index (χ4v) is 3.05. The molecule has 0 aliphatic heterocycles. The van der Waals surface area contributed by atoms with Crippen LogP contribution in [-0.2, 0) is 0 Å². The quantitative estimate of drug-likeness (QED) is 0.855. The molecule has 2 aromatic rings. The Hall–Kier alpha value is -2.21. The van der Waals surface area contributed by atoms with Crippen LogP contribution in [0, 0.1) is 5.82 Å². The highest BCUT2D eigenvalue weighted by molar-refractivity contribution is 6.33. The molecule has 25 heavy (non-hydrogen) atoms. The molecule has 1 amide bonds. The predicted molar refractivity (Wildman–Crippen MR) is 95.6 cm³/mol. The molecule has 1 N–H and O–H groups in total. The van der Waals surface area contributed by atoms with Gasteiger partial charge in [0, 0.05) is 25.0 Å². The highest BCUT2D eigenvalue weighted by Crippen LogP contribution is 2.41. The van der Waals surface area contributed by atoms with E-state index in [2.05, 4.69) is 15.3 Å². The first-order chi connectivity index (χ1) is 12.0. The Bertz CT molecular complexity index is 781. The van der Waals surface area contributed by atoms with Crippen molar-refractivity contribution in [2.45, 2.75) is 32.2 Å². The summed E-state index contributed by atoms with van der Waals surface area (Å²) in [6, 6.07) is 6.44. The Balaban J connectivity index is 1.71. The van der Waals surface area contributed by atoms with Crippen molar-refractivity contribution in [3.05, 3.63) is 52.6 Å². The van der Waals surface area contributed by atoms with Gasteiger partial charge in [-0.3, -0.25) is 4.79 Å². The molecule has 1 heterocycles. The van der Waals surface area contributed by atoms with Gasteiger partial charge in [0.15, 0.2) is 5.69 Å². The Morgan fingerprint density at radius 2 is 2.16 bits per heavy atom. The minimum Gasteiger partial charge on any atom is -0.347 e. The van der Waals surface area contributed by atoms with Crippen LogP contribution in [0.4, 0.5) is 10.3 Å². The number of nitrogens with one attached hydrogen (secondary N) is 1. The molecule has 1 fully saturated rings. The first kappa shape index (κ1) is 17.6. The monoisotopic (exact) mass is 362 g/mol. The van der Waals surface area contributed by atoms with Crippen LogP contribution in [0.25, 0.3) is 0 Å². The van der Waals surface area contributed by atoms with Crippen molar-refractivity contribution in [3.8, 4) is 0 Å². The van der Waals surface area contributed by atoms with Gasteiger partial charge < -0.3 is 10.2 Å². The average Bonchev–Trinajstić information content (AvgIpc) is 3.36. The van der Waals surface area contributed by atoms with E-state index in [0.29, 0.717) is 5.95 Å². The van der Waals surface area contributed by atoms with Gasteiger partial charge in [-0.25, -0.2) is 14.4 Å². The normalized spacial score (nSPS) is 18.7. The van der Waals surface area contributed by atoms with Crippen LogP contribution >= 0.6 is 11.6 Å². The molecule has 3 rings (SSSR count). The molecule has 0 saturated heterocycles. The van der Waals surface area contributed by atoms with Gasteiger partial charge in [-0.1, -0.05) is 23.7 Å². The summed E-state index contributed by atoms with van der Waals surface area (Å²) in [4.78, 5) is 23.0. The van der Waals surface area contributed by atoms with Gasteiger partial charge in [0.25, 0.3) is 5.91 Å². The highest BCUT2D eigenvalue weighted by Gasteiger charge is 2.40. The number of rotatable bonds is 6. The number of carbonyl (C=O) groups excluding carboxylic acids is 1. The molecule has 0 radical (unpaired) electrons. The Morgan fingerprint density at radius 3 is 2.84 bits per heavy atom. The maximum Gasteiger partial charge on any atom is 0.271 e. The largest absolute Gasteiger partial charge is 0.347 e. The van der Waals surface area contributed by atoms with Gasteiger partial charge in [0.05, 0.1) is 11.2 Å². The molecule has 1 aromatic heterocycles. The lowest BCUT2D eigenvalue weighted by molar-refractivity contribution is 0.0945. The van der Waals surface area contributed by atoms with Gasteiger partial charge in [-0.15, -0.1) is 0 Å². The number of amides is 1. The maximum atomic E-state index is 13.3. The summed E-state index contributed by atoms with van der Waals surface area (Å²) in [5.41, 5.74) is 1.06. The van der Waals surface area contributed by atoms with E-state index in [1.165, 1.54) is 18.3 Å². The SMILES string of the molecule is CCN(CC)c1ncc(Cl)c(C(=O)NC2CC2c2cccc(F)c2)n1. The van der Waals surface area contributed by atoms with Crippen LogP contribution in [0.3, 0.4) is 0 Å². The molecule has 0 bridgehead atoms. The third-order valence-electron chi connectivity index (χ3n) is 4.38. The predicted octanol–water partition coefficient (Wildman–Crippen LogP) is 3.40. The molecule has 2 atom stereocenters. The van der Waals surface area contributed by atoms with E-state index in [1.54, 1.807) is 6.07 Å². The zero-order chi connectivity index (χ0) is 18.0. The molecular weight excluding hydrogens is 343 g/mol. The molecule has 0 spiro atoms. The molecule has 1 saturated carbocycles. The summed E-state index contributed by atoms with van der Waals surface area (Å²) in [5, 5.41) is 3.15. The van der Waals surface area contributed by atoms with Gasteiger partial charge in [-0.2, -0.15) is 0 Å². The summed E-state index contributed by atoms with van der Waals surface area (Å²) in [7, 11) is 0. The number of benzene rings is 1. The minimum absolute atomic E-state index is 0.0303. The van der Waals surface area contributed by atoms with Crippen molar-refractivity contribution < 1.29 is 9.18 Å². The van der Waals surface area contributed by atoms with E-state index >= 15 is 0 Å². The number of anilines is 1. The molecule has 1 aliphatic rings. The standard InChI is InChI=1S/C18H20ClFN4O/c1-3-24(4-2)18-21-10-14(19)16(23-18)17(25)22-15-9-13(15)11-6-5-7-12(20)8-11/h5-8,10,13,15H,3-4,9H2,1-2H3,(H,22,25). The van der Waals surface area contributed by atoms with Gasteiger partial charge in [0.1, 0.15) is 5.82 Å². The second-order valence-corrected chi connectivity index (χ2v) is 6.42. The second-order valence-electron chi connectivity index (χ2n) is 6.02. The van der Waals surface area contributed by atoms with Crippen LogP contribution in [0.2, 0.25) is 5.02 Å². The zero-order valence-electron chi connectivity index (χ0n) is 14.2. The fraction of sp³-hybridized carbons (Fsp3) is 0.389. The number of aromatic nitrogens is 2. The zero-order valence-corrected chi connectivity index (χ0v) is 14.9. The third kappa shape index (κ3) is 3.90. The van der Waals surface area contributed by atoms with Crippen molar-refractivity contribution in [2.24, 2.45) is 0 Å². The Labute approximate surface area is 151 Å². The van der Waals surface area contributed by atoms with Gasteiger partial charge in [0.2, 0.25) is 5.95 Å². The molecule has 1 aromatic carbocycles. The number of hydrogen-bond donors (Lipinski definition) is 1. The molecule has 7 heteroatoms. The Kier molecular flexibility index (Phi) is 5.18. The first-order valence-corrected chi connectivity index (χ1v) is 8.75. The van der Waals surface area contributed by atoms with Crippen LogP contribution in [0.5, 0.6) is 0 Å². The van der Waals surface area contributed by atoms with Crippen molar-refractivity contribution in [1.82, 2.24) is 15.3 Å². The molecule has 5 nitrogen and oxygen atoms in total. The van der Waals surface area contributed by atoms with Crippen molar-refractivity contribution in [3.63, 3.8) is 0 Å². The summed E-state index contributed by atoms with van der Waals surface area (Å²) in [5.74, 6) is 0.0152. The lowest BCUT2D eigenvalue weighted by Gasteiger charge is -2.19. The van der Waals surface area contributed by atoms with Gasteiger partial charge in [-0.05, 0) is 38.0 Å². The smallest absolute Gasteiger partial charge is 0.271 e. The van der Waals surface area contributed by atoms with E-state index in [-0.39, 0.29) is 34.4 Å². The van der Waals surface area contributed by atoms with Crippen LogP contribution in [-0.4, -0.2) is 35.0 Å². The highest BCUT2D eigenvalue weighted by atomic mass is 35.5. The van der Waals surface area contributed by atoms with Crippen molar-refractivity contribution in [1.29, 1.82) is 0 Å². The van der Waals surface area contributed by atoms with E-state index in [1.807, 2.05) is 24.8 Å². The number of hydrogen-bond acceptors (Lipinski definition) is 4. The molecule has 132 valence electrons. The lowest BCUT2D eigenvalue weighted by Crippen LogP contribution is -2.30. The van der Waals surface area contributed by atoms with Gasteiger partial charge >= 0.3 is 0 Å². The molecule has 1 aliphatic carbocycles. The summed E-state index contributed by atoms with van der Waals surface area (Å²) in [6.45, 7) is 5.47. The third-order valence-corrected chi connectivity index (χ3v) is 4.65. The average molecular weight is 363 g/mol. The van der Waals surface area contributed by atoms with Crippen molar-refractivity contribution >= 4 is 23.5 Å². The van der Waals surface area contributed by atoms with Crippen LogP contribution in [0.15, 0.2) is 30.5 Å². The van der Waals surface area contributed by atoms with Crippen molar-refractivity contribution in [2.75, 3.05) is 18.0 Å². The summed E-state index contributed by atoms with van der Waals surface area (Å²) >= 11 is 6.11. The topological polar surface area (TPSA) is 58.1 Å². The maximum absolute atomic E-state index is 13.3. The minimum atomic E-state index is -0.329. The van der Waals surface area contributed by atoms with E-state index in [9.17, 15) is 9.18 Å². The molecule has 2 unspecified atom stereocenters. The molecular formula is C18H20ClFN4O. The van der Waals surface area contributed by atoms with E-state index in [4.69, 9.17) is 11.6 Å². The fourth-order valence-electron chi connectivity index (χ4n) is 2.87. The van der Waals surface area contributed by atoms with Crippen LogP contribution in [0.1, 0.15) is 42.2 Å². The lowest BCUT2D eigenvalue weighted by atomic mass is 10.1. The van der Waals surface area contributed by atoms with Crippen LogP contribution < -0.4 is 10.2 Å². The summed E-state index contributed by atoms with van der Waals surface area (Å²) < 4.78 is 13.3.